The molecule has 2 atom stereocenters. The fourth-order valence-electron chi connectivity index (χ4n) is 3.45. The average Bonchev–Trinajstić information content (AvgIpc) is 2.71. The molecule has 0 radical (unpaired) electrons. The first kappa shape index (κ1) is 13.4. The minimum Gasteiger partial charge on any atom is -0.481 e. The lowest BCUT2D eigenvalue weighted by atomic mass is 9.74. The van der Waals surface area contributed by atoms with Crippen LogP contribution < -0.4 is 0 Å². The summed E-state index contributed by atoms with van der Waals surface area (Å²) in [5.41, 5.74) is -0.250. The van der Waals surface area contributed by atoms with Crippen molar-refractivity contribution in [1.82, 2.24) is 4.90 Å². The lowest BCUT2D eigenvalue weighted by molar-refractivity contribution is -0.146. The lowest BCUT2D eigenvalue weighted by Crippen LogP contribution is -2.46. The molecule has 1 aliphatic carbocycles. The maximum absolute atomic E-state index is 12.6. The summed E-state index contributed by atoms with van der Waals surface area (Å²) in [6.07, 6.45) is 5.95. The molecule has 0 aromatic rings. The maximum atomic E-state index is 12.6. The van der Waals surface area contributed by atoms with Crippen molar-refractivity contribution in [2.75, 3.05) is 6.54 Å². The first-order chi connectivity index (χ1) is 8.46. The molecule has 1 saturated carbocycles. The molecule has 4 heteroatoms. The smallest absolute Gasteiger partial charge is 0.308 e. The summed E-state index contributed by atoms with van der Waals surface area (Å²) in [5.74, 6) is -0.980. The van der Waals surface area contributed by atoms with Crippen LogP contribution in [-0.4, -0.2) is 34.5 Å². The molecule has 0 bridgehead atoms. The number of hydrogen-bond acceptors (Lipinski definition) is 2. The monoisotopic (exact) mass is 253 g/mol. The predicted molar refractivity (Wildman–Crippen MR) is 68.1 cm³/mol. The number of aliphatic carboxylic acids is 1. The van der Waals surface area contributed by atoms with Gasteiger partial charge in [0.1, 0.15) is 0 Å². The van der Waals surface area contributed by atoms with Gasteiger partial charge in [0.05, 0.1) is 5.92 Å². The zero-order valence-corrected chi connectivity index (χ0v) is 11.3. The van der Waals surface area contributed by atoms with E-state index in [1.54, 1.807) is 0 Å². The summed E-state index contributed by atoms with van der Waals surface area (Å²) in [7, 11) is 0. The van der Waals surface area contributed by atoms with Gasteiger partial charge in [0.2, 0.25) is 5.91 Å². The van der Waals surface area contributed by atoms with Crippen molar-refractivity contribution in [2.24, 2.45) is 11.3 Å². The van der Waals surface area contributed by atoms with Crippen LogP contribution in [0.2, 0.25) is 0 Å². The number of carbonyl (C=O) groups is 2. The molecule has 1 N–H and O–H groups in total. The van der Waals surface area contributed by atoms with E-state index >= 15 is 0 Å². The second kappa shape index (κ2) is 4.90. The van der Waals surface area contributed by atoms with Gasteiger partial charge < -0.3 is 10.0 Å². The standard InChI is InChI=1S/C14H23NO3/c1-10-11(12(16)17)6-9-15(10)13(18)14(2)7-4-3-5-8-14/h10-11H,3-9H2,1-2H3,(H,16,17). The van der Waals surface area contributed by atoms with Gasteiger partial charge in [0, 0.05) is 18.0 Å². The Morgan fingerprint density at radius 1 is 1.22 bits per heavy atom. The van der Waals surface area contributed by atoms with E-state index in [9.17, 15) is 9.59 Å². The van der Waals surface area contributed by atoms with Gasteiger partial charge >= 0.3 is 5.97 Å². The quantitative estimate of drug-likeness (QED) is 0.821. The Hall–Kier alpha value is -1.06. The summed E-state index contributed by atoms with van der Waals surface area (Å²) in [5, 5.41) is 9.12. The van der Waals surface area contributed by atoms with Crippen LogP contribution in [0.1, 0.15) is 52.4 Å². The molecule has 1 saturated heterocycles. The number of carboxylic acids is 1. The number of carboxylic acid groups (broad SMARTS) is 1. The predicted octanol–water partition coefficient (Wildman–Crippen LogP) is 2.28. The molecule has 2 rings (SSSR count). The van der Waals surface area contributed by atoms with E-state index in [0.717, 1.165) is 25.7 Å². The molecule has 1 amide bonds. The van der Waals surface area contributed by atoms with Gasteiger partial charge in [0.15, 0.2) is 0 Å². The molecular weight excluding hydrogens is 230 g/mol. The summed E-state index contributed by atoms with van der Waals surface area (Å²) in [4.78, 5) is 25.5. The number of amides is 1. The van der Waals surface area contributed by atoms with Crippen molar-refractivity contribution in [2.45, 2.75) is 58.4 Å². The Kier molecular flexibility index (Phi) is 3.64. The van der Waals surface area contributed by atoms with Crippen LogP contribution in [0.4, 0.5) is 0 Å². The summed E-state index contributed by atoms with van der Waals surface area (Å²) >= 11 is 0. The Morgan fingerprint density at radius 3 is 2.33 bits per heavy atom. The normalized spacial score (nSPS) is 31.3. The van der Waals surface area contributed by atoms with Gasteiger partial charge in [-0.1, -0.05) is 26.2 Å². The lowest BCUT2D eigenvalue weighted by Gasteiger charge is -2.37. The van der Waals surface area contributed by atoms with Gasteiger partial charge in [-0.25, -0.2) is 0 Å². The second-order valence-electron chi connectivity index (χ2n) is 6.09. The topological polar surface area (TPSA) is 57.6 Å². The maximum Gasteiger partial charge on any atom is 0.308 e. The fraction of sp³-hybridized carbons (Fsp3) is 0.857. The van der Waals surface area contributed by atoms with Crippen LogP contribution in [0.25, 0.3) is 0 Å². The molecule has 0 aromatic carbocycles. The number of likely N-dealkylation sites (tertiary alicyclic amines) is 1. The largest absolute Gasteiger partial charge is 0.481 e. The van der Waals surface area contributed by atoms with Gasteiger partial charge in [-0.05, 0) is 26.2 Å². The van der Waals surface area contributed by atoms with E-state index in [1.807, 2.05) is 11.8 Å². The van der Waals surface area contributed by atoms with Gasteiger partial charge in [0.25, 0.3) is 0 Å². The number of carbonyl (C=O) groups excluding carboxylic acids is 1. The molecule has 0 spiro atoms. The fourth-order valence-corrected chi connectivity index (χ4v) is 3.45. The summed E-state index contributed by atoms with van der Waals surface area (Å²) in [6, 6.07) is -0.159. The number of nitrogens with zero attached hydrogens (tertiary/aromatic N) is 1. The third-order valence-corrected chi connectivity index (χ3v) is 4.81. The van der Waals surface area contributed by atoms with E-state index in [1.165, 1.54) is 6.42 Å². The third-order valence-electron chi connectivity index (χ3n) is 4.81. The second-order valence-corrected chi connectivity index (χ2v) is 6.09. The van der Waals surface area contributed by atoms with Crippen molar-refractivity contribution >= 4 is 11.9 Å². The SMILES string of the molecule is CC1C(C(=O)O)CCN1C(=O)C1(C)CCCCC1. The molecule has 4 nitrogen and oxygen atoms in total. The van der Waals surface area contributed by atoms with E-state index < -0.39 is 5.97 Å². The summed E-state index contributed by atoms with van der Waals surface area (Å²) in [6.45, 7) is 4.53. The highest BCUT2D eigenvalue weighted by molar-refractivity contribution is 5.84. The molecule has 1 heterocycles. The zero-order valence-electron chi connectivity index (χ0n) is 11.3. The van der Waals surface area contributed by atoms with Crippen LogP contribution in [0.5, 0.6) is 0 Å². The van der Waals surface area contributed by atoms with Crippen LogP contribution in [0.3, 0.4) is 0 Å². The Bertz CT molecular complexity index is 347. The van der Waals surface area contributed by atoms with Crippen LogP contribution in [-0.2, 0) is 9.59 Å². The number of rotatable bonds is 2. The zero-order chi connectivity index (χ0) is 13.3. The number of hydrogen-bond donors (Lipinski definition) is 1. The van der Waals surface area contributed by atoms with Crippen molar-refractivity contribution in [3.8, 4) is 0 Å². The van der Waals surface area contributed by atoms with Crippen molar-refractivity contribution in [3.05, 3.63) is 0 Å². The van der Waals surface area contributed by atoms with E-state index in [0.29, 0.717) is 13.0 Å². The molecule has 2 aliphatic rings. The highest BCUT2D eigenvalue weighted by atomic mass is 16.4. The molecule has 2 unspecified atom stereocenters. The third kappa shape index (κ3) is 2.25. The van der Waals surface area contributed by atoms with Crippen molar-refractivity contribution < 1.29 is 14.7 Å². The molecule has 0 aromatic heterocycles. The highest BCUT2D eigenvalue weighted by Gasteiger charge is 2.44. The molecular formula is C14H23NO3. The minimum atomic E-state index is -0.772. The van der Waals surface area contributed by atoms with Crippen LogP contribution in [0, 0.1) is 11.3 Å². The molecule has 102 valence electrons. The van der Waals surface area contributed by atoms with E-state index in [4.69, 9.17) is 5.11 Å². The van der Waals surface area contributed by atoms with Crippen molar-refractivity contribution in [3.63, 3.8) is 0 Å². The van der Waals surface area contributed by atoms with Gasteiger partial charge in [-0.2, -0.15) is 0 Å². The summed E-state index contributed by atoms with van der Waals surface area (Å²) < 4.78 is 0. The average molecular weight is 253 g/mol. The van der Waals surface area contributed by atoms with Gasteiger partial charge in [-0.15, -0.1) is 0 Å². The van der Waals surface area contributed by atoms with Gasteiger partial charge in [-0.3, -0.25) is 9.59 Å². The van der Waals surface area contributed by atoms with E-state index in [-0.39, 0.29) is 23.3 Å². The first-order valence-corrected chi connectivity index (χ1v) is 6.99. The van der Waals surface area contributed by atoms with E-state index in [2.05, 4.69) is 6.92 Å². The molecule has 2 fully saturated rings. The Labute approximate surface area is 108 Å². The van der Waals surface area contributed by atoms with Crippen LogP contribution in [0.15, 0.2) is 0 Å². The minimum absolute atomic E-state index is 0.159. The Morgan fingerprint density at radius 2 is 1.83 bits per heavy atom. The highest BCUT2D eigenvalue weighted by Crippen LogP contribution is 2.39. The molecule has 18 heavy (non-hydrogen) atoms. The van der Waals surface area contributed by atoms with Crippen LogP contribution >= 0.6 is 0 Å². The Balaban J connectivity index is 2.08. The van der Waals surface area contributed by atoms with Crippen molar-refractivity contribution in [1.29, 1.82) is 0 Å². The molecule has 1 aliphatic heterocycles. The first-order valence-electron chi connectivity index (χ1n) is 6.99.